The molecule has 3 N–H and O–H groups in total. The molecule has 0 spiro atoms. The van der Waals surface area contributed by atoms with Crippen LogP contribution in [0, 0.1) is 6.92 Å². The summed E-state index contributed by atoms with van der Waals surface area (Å²) in [5, 5.41) is 7.89. The van der Waals surface area contributed by atoms with Crippen LogP contribution in [0.25, 0.3) is 0 Å². The quantitative estimate of drug-likeness (QED) is 0.853. The second kappa shape index (κ2) is 6.73. The Balaban J connectivity index is 1.75. The van der Waals surface area contributed by atoms with Crippen molar-refractivity contribution in [3.63, 3.8) is 0 Å². The predicted molar refractivity (Wildman–Crippen MR) is 91.2 cm³/mol. The van der Waals surface area contributed by atoms with Gasteiger partial charge in [-0.25, -0.2) is 13.6 Å². The standard InChI is InChI=1S/C17H18N2O5S/c1-11-2-4-13(25(18,21)22)9-14(11)17(20)19-10-12-3-5-15-16(8-12)24-7-6-23-15/h2-5,8-9H,6-7,10H2,1H3,(H,19,20)(H2,18,21,22). The number of amides is 1. The summed E-state index contributed by atoms with van der Waals surface area (Å²) in [6, 6.07) is 9.65. The minimum atomic E-state index is -3.86. The van der Waals surface area contributed by atoms with E-state index in [9.17, 15) is 13.2 Å². The van der Waals surface area contributed by atoms with Crippen molar-refractivity contribution in [1.29, 1.82) is 0 Å². The SMILES string of the molecule is Cc1ccc(S(N)(=O)=O)cc1C(=O)NCc1ccc2c(c1)OCCO2. The summed E-state index contributed by atoms with van der Waals surface area (Å²) in [5.41, 5.74) is 1.77. The number of sulfonamides is 1. The first kappa shape index (κ1) is 17.2. The van der Waals surface area contributed by atoms with Gasteiger partial charge in [0.05, 0.1) is 4.90 Å². The maximum absolute atomic E-state index is 12.4. The molecular weight excluding hydrogens is 344 g/mol. The normalized spacial score (nSPS) is 13.4. The first-order valence-corrected chi connectivity index (χ1v) is 9.19. The Morgan fingerprint density at radius 1 is 1.12 bits per heavy atom. The van der Waals surface area contributed by atoms with E-state index in [0.717, 1.165) is 5.56 Å². The second-order valence-electron chi connectivity index (χ2n) is 5.68. The number of aryl methyl sites for hydroxylation is 1. The summed E-state index contributed by atoms with van der Waals surface area (Å²) in [4.78, 5) is 12.3. The molecule has 0 atom stereocenters. The molecule has 8 heteroatoms. The zero-order valence-electron chi connectivity index (χ0n) is 13.6. The van der Waals surface area contributed by atoms with Crippen molar-refractivity contribution >= 4 is 15.9 Å². The summed E-state index contributed by atoms with van der Waals surface area (Å²) >= 11 is 0. The first-order chi connectivity index (χ1) is 11.8. The van der Waals surface area contributed by atoms with Crippen molar-refractivity contribution in [3.05, 3.63) is 53.1 Å². The Morgan fingerprint density at radius 2 is 1.84 bits per heavy atom. The van der Waals surface area contributed by atoms with E-state index >= 15 is 0 Å². The van der Waals surface area contributed by atoms with Gasteiger partial charge in [0.1, 0.15) is 13.2 Å². The molecule has 25 heavy (non-hydrogen) atoms. The Labute approximate surface area is 145 Å². The fraction of sp³-hybridized carbons (Fsp3) is 0.235. The first-order valence-electron chi connectivity index (χ1n) is 7.65. The lowest BCUT2D eigenvalue weighted by molar-refractivity contribution is 0.0950. The number of carbonyl (C=O) groups is 1. The van der Waals surface area contributed by atoms with Gasteiger partial charge >= 0.3 is 0 Å². The van der Waals surface area contributed by atoms with Gasteiger partial charge in [0.2, 0.25) is 10.0 Å². The van der Waals surface area contributed by atoms with Crippen LogP contribution in [0.2, 0.25) is 0 Å². The van der Waals surface area contributed by atoms with Gasteiger partial charge in [-0.3, -0.25) is 4.79 Å². The van der Waals surface area contributed by atoms with E-state index in [2.05, 4.69) is 5.32 Å². The molecule has 0 saturated heterocycles. The smallest absolute Gasteiger partial charge is 0.251 e. The molecule has 0 aromatic heterocycles. The number of nitrogens with one attached hydrogen (secondary N) is 1. The lowest BCUT2D eigenvalue weighted by atomic mass is 10.1. The average Bonchev–Trinajstić information content (AvgIpc) is 2.59. The van der Waals surface area contributed by atoms with Crippen LogP contribution in [-0.4, -0.2) is 27.5 Å². The van der Waals surface area contributed by atoms with Crippen LogP contribution in [0.1, 0.15) is 21.5 Å². The van der Waals surface area contributed by atoms with Crippen molar-refractivity contribution in [2.45, 2.75) is 18.4 Å². The number of ether oxygens (including phenoxy) is 2. The van der Waals surface area contributed by atoms with Crippen molar-refractivity contribution in [1.82, 2.24) is 5.32 Å². The molecule has 0 fully saturated rings. The van der Waals surface area contributed by atoms with Crippen molar-refractivity contribution < 1.29 is 22.7 Å². The van der Waals surface area contributed by atoms with Gasteiger partial charge in [-0.1, -0.05) is 12.1 Å². The Kier molecular flexibility index (Phi) is 4.65. The maximum atomic E-state index is 12.4. The average molecular weight is 362 g/mol. The van der Waals surface area contributed by atoms with Gasteiger partial charge in [0.25, 0.3) is 5.91 Å². The summed E-state index contributed by atoms with van der Waals surface area (Å²) in [5.74, 6) is 0.946. The summed E-state index contributed by atoms with van der Waals surface area (Å²) in [6.07, 6.45) is 0. The third kappa shape index (κ3) is 3.92. The molecule has 0 unspecified atom stereocenters. The van der Waals surface area contributed by atoms with E-state index < -0.39 is 10.0 Å². The van der Waals surface area contributed by atoms with Gasteiger partial charge in [-0.2, -0.15) is 0 Å². The van der Waals surface area contributed by atoms with Crippen LogP contribution in [0.3, 0.4) is 0 Å². The fourth-order valence-electron chi connectivity index (χ4n) is 2.50. The lowest BCUT2D eigenvalue weighted by Crippen LogP contribution is -2.24. The molecule has 3 rings (SSSR count). The van der Waals surface area contributed by atoms with Crippen LogP contribution >= 0.6 is 0 Å². The summed E-state index contributed by atoms with van der Waals surface area (Å²) in [7, 11) is -3.86. The van der Waals surface area contributed by atoms with Crippen molar-refractivity contribution in [2.24, 2.45) is 5.14 Å². The number of carbonyl (C=O) groups excluding carboxylic acids is 1. The minimum Gasteiger partial charge on any atom is -0.486 e. The molecule has 1 amide bonds. The molecule has 132 valence electrons. The van der Waals surface area contributed by atoms with E-state index in [1.807, 2.05) is 12.1 Å². The van der Waals surface area contributed by atoms with Crippen LogP contribution in [0.4, 0.5) is 0 Å². The highest BCUT2D eigenvalue weighted by Crippen LogP contribution is 2.30. The van der Waals surface area contributed by atoms with Crippen LogP contribution < -0.4 is 19.9 Å². The largest absolute Gasteiger partial charge is 0.486 e. The van der Waals surface area contributed by atoms with Crippen molar-refractivity contribution in [2.75, 3.05) is 13.2 Å². The van der Waals surface area contributed by atoms with Crippen molar-refractivity contribution in [3.8, 4) is 11.5 Å². The van der Waals surface area contributed by atoms with Crippen LogP contribution in [-0.2, 0) is 16.6 Å². The molecular formula is C17H18N2O5S. The maximum Gasteiger partial charge on any atom is 0.251 e. The number of hydrogen-bond acceptors (Lipinski definition) is 5. The molecule has 0 radical (unpaired) electrons. The van der Waals surface area contributed by atoms with Gasteiger partial charge in [0, 0.05) is 12.1 Å². The molecule has 2 aromatic rings. The van der Waals surface area contributed by atoms with E-state index in [0.29, 0.717) is 30.3 Å². The predicted octanol–water partition coefficient (Wildman–Crippen LogP) is 1.34. The molecule has 7 nitrogen and oxygen atoms in total. The molecule has 1 aliphatic rings. The van der Waals surface area contributed by atoms with Crippen LogP contribution in [0.5, 0.6) is 11.5 Å². The van der Waals surface area contributed by atoms with Gasteiger partial charge < -0.3 is 14.8 Å². The number of benzene rings is 2. The fourth-order valence-corrected chi connectivity index (χ4v) is 3.04. The molecule has 0 bridgehead atoms. The molecule has 2 aromatic carbocycles. The second-order valence-corrected chi connectivity index (χ2v) is 7.24. The Morgan fingerprint density at radius 3 is 2.56 bits per heavy atom. The Hall–Kier alpha value is -2.58. The molecule has 1 heterocycles. The molecule has 1 aliphatic heterocycles. The van der Waals surface area contributed by atoms with Crippen LogP contribution in [0.15, 0.2) is 41.3 Å². The molecule has 0 aliphatic carbocycles. The number of hydrogen-bond donors (Lipinski definition) is 2. The third-order valence-corrected chi connectivity index (χ3v) is 4.75. The number of nitrogens with two attached hydrogens (primary N) is 1. The topological polar surface area (TPSA) is 108 Å². The number of primary sulfonamides is 1. The third-order valence-electron chi connectivity index (χ3n) is 3.84. The minimum absolute atomic E-state index is 0.0948. The van der Waals surface area contributed by atoms with E-state index in [1.54, 1.807) is 19.1 Å². The van der Waals surface area contributed by atoms with Gasteiger partial charge in [-0.05, 0) is 42.3 Å². The monoisotopic (exact) mass is 362 g/mol. The highest BCUT2D eigenvalue weighted by atomic mass is 32.2. The Bertz CT molecular complexity index is 925. The lowest BCUT2D eigenvalue weighted by Gasteiger charge is -2.19. The van der Waals surface area contributed by atoms with E-state index in [-0.39, 0.29) is 22.9 Å². The highest BCUT2D eigenvalue weighted by Gasteiger charge is 2.16. The summed E-state index contributed by atoms with van der Waals surface area (Å²) < 4.78 is 33.9. The van der Waals surface area contributed by atoms with E-state index in [1.165, 1.54) is 12.1 Å². The number of fused-ring (bicyclic) bond motifs is 1. The number of rotatable bonds is 4. The summed E-state index contributed by atoms with van der Waals surface area (Å²) in [6.45, 7) is 3.01. The zero-order chi connectivity index (χ0) is 18.0. The zero-order valence-corrected chi connectivity index (χ0v) is 14.4. The highest BCUT2D eigenvalue weighted by molar-refractivity contribution is 7.89. The molecule has 0 saturated carbocycles. The van der Waals surface area contributed by atoms with Gasteiger partial charge in [0.15, 0.2) is 11.5 Å². The van der Waals surface area contributed by atoms with E-state index in [4.69, 9.17) is 14.6 Å². The van der Waals surface area contributed by atoms with Gasteiger partial charge in [-0.15, -0.1) is 0 Å².